The second-order valence-electron chi connectivity index (χ2n) is 6.72. The maximum atomic E-state index is 12.3. The molecule has 3 heterocycles. The van der Waals surface area contributed by atoms with Crippen molar-refractivity contribution in [2.75, 3.05) is 44.8 Å². The van der Waals surface area contributed by atoms with Gasteiger partial charge in [-0.2, -0.15) is 10.1 Å². The van der Waals surface area contributed by atoms with E-state index < -0.39 is 0 Å². The highest BCUT2D eigenvalue weighted by atomic mass is 16.5. The molecule has 0 unspecified atom stereocenters. The number of rotatable bonds is 6. The summed E-state index contributed by atoms with van der Waals surface area (Å²) in [5.41, 5.74) is 0.849. The van der Waals surface area contributed by atoms with Crippen LogP contribution in [0.3, 0.4) is 0 Å². The summed E-state index contributed by atoms with van der Waals surface area (Å²) < 4.78 is 18.4. The summed E-state index contributed by atoms with van der Waals surface area (Å²) in [7, 11) is 0. The lowest BCUT2D eigenvalue weighted by atomic mass is 10.0. The Labute approximate surface area is 167 Å². The lowest BCUT2D eigenvalue weighted by molar-refractivity contribution is -0.137. The van der Waals surface area contributed by atoms with Crippen molar-refractivity contribution < 1.29 is 23.8 Å². The van der Waals surface area contributed by atoms with E-state index in [4.69, 9.17) is 14.2 Å². The minimum atomic E-state index is -0.288. The Hall–Kier alpha value is -3.14. The average Bonchev–Trinajstić information content (AvgIpc) is 3.21. The molecule has 2 aliphatic heterocycles. The highest BCUT2D eigenvalue weighted by Gasteiger charge is 2.28. The minimum Gasteiger partial charge on any atom is -0.490 e. The smallest absolute Gasteiger partial charge is 0.260 e. The number of hydrogen-bond acceptors (Lipinski definition) is 7. The summed E-state index contributed by atoms with van der Waals surface area (Å²) in [5.74, 6) is 1.21. The zero-order valence-corrected chi connectivity index (χ0v) is 16.2. The van der Waals surface area contributed by atoms with E-state index in [-0.39, 0.29) is 30.9 Å². The van der Waals surface area contributed by atoms with Gasteiger partial charge in [0, 0.05) is 13.1 Å². The summed E-state index contributed by atoms with van der Waals surface area (Å²) in [6.07, 6.45) is 1.66. The highest BCUT2D eigenvalue weighted by molar-refractivity contribution is 5.91. The lowest BCUT2D eigenvalue weighted by Gasteiger charge is -2.27. The van der Waals surface area contributed by atoms with Crippen molar-refractivity contribution in [1.82, 2.24) is 19.7 Å². The van der Waals surface area contributed by atoms with Crippen LogP contribution in [0.15, 0.2) is 24.5 Å². The molecule has 1 aromatic carbocycles. The van der Waals surface area contributed by atoms with E-state index in [1.54, 1.807) is 15.6 Å². The second kappa shape index (κ2) is 8.48. The fourth-order valence-electron chi connectivity index (χ4n) is 3.43. The average molecular weight is 401 g/mol. The minimum absolute atomic E-state index is 0.0710. The summed E-state index contributed by atoms with van der Waals surface area (Å²) in [6, 6.07) is 5.15. The number of ether oxygens (including phenoxy) is 3. The number of aromatic nitrogens is 3. The third-order valence-electron chi connectivity index (χ3n) is 4.87. The number of amides is 2. The first-order chi connectivity index (χ1) is 14.2. The van der Waals surface area contributed by atoms with Crippen molar-refractivity contribution in [3.05, 3.63) is 30.1 Å². The van der Waals surface area contributed by atoms with Crippen LogP contribution in [0.4, 0.5) is 5.95 Å². The first-order valence-corrected chi connectivity index (χ1v) is 9.60. The molecular formula is C19H23N5O5. The molecule has 0 radical (unpaired) electrons. The number of benzene rings is 1. The lowest BCUT2D eigenvalue weighted by Crippen LogP contribution is -2.43. The van der Waals surface area contributed by atoms with Crippen LogP contribution in [-0.2, 0) is 14.3 Å². The fraction of sp³-hybridized carbons (Fsp3) is 0.474. The largest absolute Gasteiger partial charge is 0.490 e. The molecule has 1 atom stereocenters. The van der Waals surface area contributed by atoms with Crippen molar-refractivity contribution in [3.8, 4) is 11.5 Å². The van der Waals surface area contributed by atoms with Crippen molar-refractivity contribution in [2.45, 2.75) is 19.4 Å². The Bertz CT molecular complexity index is 893. The van der Waals surface area contributed by atoms with Gasteiger partial charge in [0.05, 0.1) is 32.3 Å². The van der Waals surface area contributed by atoms with Crippen LogP contribution in [0, 0.1) is 0 Å². The first kappa shape index (κ1) is 19.2. The summed E-state index contributed by atoms with van der Waals surface area (Å²) >= 11 is 0. The summed E-state index contributed by atoms with van der Waals surface area (Å²) in [5, 5.41) is 6.91. The maximum absolute atomic E-state index is 12.3. The van der Waals surface area contributed by atoms with E-state index >= 15 is 0 Å². The Kier molecular flexibility index (Phi) is 5.61. The predicted octanol–water partition coefficient (Wildman–Crippen LogP) is 0.846. The molecule has 0 spiro atoms. The van der Waals surface area contributed by atoms with Crippen LogP contribution in [0.25, 0.3) is 0 Å². The van der Waals surface area contributed by atoms with Gasteiger partial charge in [-0.3, -0.25) is 14.9 Å². The van der Waals surface area contributed by atoms with Gasteiger partial charge >= 0.3 is 0 Å². The number of nitrogens with one attached hydrogen (secondary N) is 1. The molecule has 10 heteroatoms. The van der Waals surface area contributed by atoms with Gasteiger partial charge in [-0.05, 0) is 24.6 Å². The molecule has 29 heavy (non-hydrogen) atoms. The molecule has 2 aliphatic rings. The molecule has 1 saturated heterocycles. The molecular weight excluding hydrogens is 378 g/mol. The molecule has 4 rings (SSSR count). The second-order valence-corrected chi connectivity index (χ2v) is 6.72. The van der Waals surface area contributed by atoms with Crippen LogP contribution in [0.2, 0.25) is 0 Å². The molecule has 1 aromatic heterocycles. The van der Waals surface area contributed by atoms with Crippen LogP contribution in [0.1, 0.15) is 24.9 Å². The number of anilines is 1. The SMILES string of the molecule is CCOc1cc([C@@H]2CC(=O)Nc3ncnn32)ccc1OCC(=O)N1CCOCC1. The molecule has 2 aromatic rings. The third kappa shape index (κ3) is 4.16. The third-order valence-corrected chi connectivity index (χ3v) is 4.87. The Morgan fingerprint density at radius 2 is 2.10 bits per heavy atom. The van der Waals surface area contributed by atoms with Crippen molar-refractivity contribution in [3.63, 3.8) is 0 Å². The number of carbonyl (C=O) groups is 2. The maximum Gasteiger partial charge on any atom is 0.260 e. The van der Waals surface area contributed by atoms with Crippen molar-refractivity contribution in [1.29, 1.82) is 0 Å². The molecule has 154 valence electrons. The summed E-state index contributed by atoms with van der Waals surface area (Å²) in [6.45, 7) is 4.48. The Morgan fingerprint density at radius 1 is 1.28 bits per heavy atom. The van der Waals surface area contributed by atoms with Crippen LogP contribution in [0.5, 0.6) is 11.5 Å². The normalized spacial score (nSPS) is 18.7. The standard InChI is InChI=1S/C19H23N5O5/c1-2-28-16-9-13(14-10-17(25)22-19-20-12-21-24(14)19)3-4-15(16)29-11-18(26)23-5-7-27-8-6-23/h3-4,9,12,14H,2,5-8,10-11H2,1H3,(H,20,21,22,25)/t14-/m0/s1. The van der Waals surface area contributed by atoms with Gasteiger partial charge in [0.2, 0.25) is 11.9 Å². The fourth-order valence-corrected chi connectivity index (χ4v) is 3.43. The van der Waals surface area contributed by atoms with Crippen LogP contribution < -0.4 is 14.8 Å². The molecule has 1 N–H and O–H groups in total. The van der Waals surface area contributed by atoms with Gasteiger partial charge < -0.3 is 19.1 Å². The zero-order valence-electron chi connectivity index (χ0n) is 16.2. The van der Waals surface area contributed by atoms with Gasteiger partial charge in [0.1, 0.15) is 6.33 Å². The van der Waals surface area contributed by atoms with Gasteiger partial charge in [0.15, 0.2) is 18.1 Å². The van der Waals surface area contributed by atoms with Gasteiger partial charge in [0.25, 0.3) is 5.91 Å². The molecule has 0 saturated carbocycles. The van der Waals surface area contributed by atoms with E-state index in [0.29, 0.717) is 50.4 Å². The van der Waals surface area contributed by atoms with E-state index in [1.807, 2.05) is 19.1 Å². The first-order valence-electron chi connectivity index (χ1n) is 9.60. The van der Waals surface area contributed by atoms with Crippen molar-refractivity contribution >= 4 is 17.8 Å². The Balaban J connectivity index is 1.51. The molecule has 0 bridgehead atoms. The molecule has 1 fully saturated rings. The van der Waals surface area contributed by atoms with Crippen LogP contribution in [-0.4, -0.2) is 71.0 Å². The number of hydrogen-bond donors (Lipinski definition) is 1. The van der Waals surface area contributed by atoms with E-state index in [0.717, 1.165) is 5.56 Å². The van der Waals surface area contributed by atoms with Gasteiger partial charge in [-0.1, -0.05) is 6.07 Å². The monoisotopic (exact) mass is 401 g/mol. The van der Waals surface area contributed by atoms with E-state index in [1.165, 1.54) is 6.33 Å². The number of fused-ring (bicyclic) bond motifs is 1. The van der Waals surface area contributed by atoms with E-state index in [2.05, 4.69) is 15.4 Å². The molecule has 2 amide bonds. The quantitative estimate of drug-likeness (QED) is 0.764. The number of carbonyl (C=O) groups excluding carboxylic acids is 2. The zero-order chi connectivity index (χ0) is 20.2. The Morgan fingerprint density at radius 3 is 2.90 bits per heavy atom. The predicted molar refractivity (Wildman–Crippen MR) is 102 cm³/mol. The molecule has 10 nitrogen and oxygen atoms in total. The van der Waals surface area contributed by atoms with E-state index in [9.17, 15) is 9.59 Å². The summed E-state index contributed by atoms with van der Waals surface area (Å²) in [4.78, 5) is 30.1. The van der Waals surface area contributed by atoms with Crippen LogP contribution >= 0.6 is 0 Å². The highest BCUT2D eigenvalue weighted by Crippen LogP contribution is 2.35. The number of nitrogens with zero attached hydrogens (tertiary/aromatic N) is 4. The topological polar surface area (TPSA) is 108 Å². The van der Waals surface area contributed by atoms with Gasteiger partial charge in [-0.15, -0.1) is 0 Å². The van der Waals surface area contributed by atoms with Crippen molar-refractivity contribution in [2.24, 2.45) is 0 Å². The van der Waals surface area contributed by atoms with Gasteiger partial charge in [-0.25, -0.2) is 4.68 Å². The number of morpholine rings is 1. The molecule has 0 aliphatic carbocycles.